The van der Waals surface area contributed by atoms with Gasteiger partial charge in [-0.3, -0.25) is 0 Å². The Morgan fingerprint density at radius 2 is 2.00 bits per heavy atom. The van der Waals surface area contributed by atoms with Crippen molar-refractivity contribution in [3.05, 3.63) is 34.9 Å². The van der Waals surface area contributed by atoms with Gasteiger partial charge in [0.25, 0.3) is 0 Å². The number of hydrogen-bond acceptors (Lipinski definition) is 2. The molecule has 0 radical (unpaired) electrons. The van der Waals surface area contributed by atoms with Gasteiger partial charge < -0.3 is 9.90 Å². The zero-order valence-electron chi connectivity index (χ0n) is 6.67. The van der Waals surface area contributed by atoms with Crippen LogP contribution in [0.1, 0.15) is 5.56 Å². The first-order valence-corrected chi connectivity index (χ1v) is 4.98. The van der Waals surface area contributed by atoms with E-state index in [4.69, 9.17) is 11.6 Å². The maximum Gasteiger partial charge on any atom is 0.0581 e. The number of carbonyl (C=O) groups is 1. The fourth-order valence-electron chi connectivity index (χ4n) is 0.911. The van der Waals surface area contributed by atoms with Crippen molar-refractivity contribution in [2.75, 3.05) is 0 Å². The summed E-state index contributed by atoms with van der Waals surface area (Å²) in [4.78, 5) is 9.74. The third kappa shape index (κ3) is 3.36. The zero-order valence-corrected chi connectivity index (χ0v) is 9.01. The van der Waals surface area contributed by atoms with Crippen molar-refractivity contribution < 1.29 is 9.90 Å². The van der Waals surface area contributed by atoms with E-state index in [0.717, 1.165) is 5.56 Å². The number of hydrogen-bond donors (Lipinski definition) is 0. The molecular formula is C9H7BrClO2-. The van der Waals surface area contributed by atoms with Crippen molar-refractivity contribution in [3.8, 4) is 0 Å². The molecule has 0 N–H and O–H groups in total. The SMILES string of the molecule is O=C([O-])C(Br)Cc1ccc(Cl)cc1. The van der Waals surface area contributed by atoms with Crippen molar-refractivity contribution in [2.45, 2.75) is 11.2 Å². The average molecular weight is 263 g/mol. The first-order valence-electron chi connectivity index (χ1n) is 3.69. The van der Waals surface area contributed by atoms with Gasteiger partial charge in [0.15, 0.2) is 0 Å². The summed E-state index contributed by atoms with van der Waals surface area (Å²) in [6, 6.07) is 7.04. The summed E-state index contributed by atoms with van der Waals surface area (Å²) >= 11 is 8.67. The van der Waals surface area contributed by atoms with Crippen LogP contribution in [0.4, 0.5) is 0 Å². The molecular weight excluding hydrogens is 255 g/mol. The summed E-state index contributed by atoms with van der Waals surface area (Å²) in [7, 11) is 0. The molecule has 0 aliphatic rings. The van der Waals surface area contributed by atoms with Gasteiger partial charge in [0.05, 0.1) is 10.8 Å². The van der Waals surface area contributed by atoms with E-state index in [-0.39, 0.29) is 0 Å². The Labute approximate surface area is 89.7 Å². The highest BCUT2D eigenvalue weighted by atomic mass is 79.9. The van der Waals surface area contributed by atoms with Gasteiger partial charge in [-0.25, -0.2) is 0 Å². The molecule has 70 valence electrons. The number of carboxylic acids is 1. The van der Waals surface area contributed by atoms with Crippen molar-refractivity contribution in [3.63, 3.8) is 0 Å². The quantitative estimate of drug-likeness (QED) is 0.773. The van der Waals surface area contributed by atoms with Crippen molar-refractivity contribution in [1.29, 1.82) is 0 Å². The fourth-order valence-corrected chi connectivity index (χ4v) is 1.41. The molecule has 1 aromatic carbocycles. The average Bonchev–Trinajstić information content (AvgIpc) is 2.08. The molecule has 4 heteroatoms. The van der Waals surface area contributed by atoms with Crippen molar-refractivity contribution in [1.82, 2.24) is 0 Å². The number of carbonyl (C=O) groups excluding carboxylic acids is 1. The summed E-state index contributed by atoms with van der Waals surface area (Å²) in [5.74, 6) is -1.10. The lowest BCUT2D eigenvalue weighted by Crippen LogP contribution is -2.32. The molecule has 0 bridgehead atoms. The third-order valence-electron chi connectivity index (χ3n) is 1.58. The molecule has 0 aliphatic heterocycles. The number of rotatable bonds is 3. The lowest BCUT2D eigenvalue weighted by molar-refractivity contribution is -0.304. The standard InChI is InChI=1S/C9H8BrClO2/c10-8(9(12)13)5-6-1-3-7(11)4-2-6/h1-4,8H,5H2,(H,12,13)/p-1. The van der Waals surface area contributed by atoms with Crippen LogP contribution in [-0.2, 0) is 11.2 Å². The third-order valence-corrected chi connectivity index (χ3v) is 2.53. The van der Waals surface area contributed by atoms with Crippen LogP contribution in [0.5, 0.6) is 0 Å². The van der Waals surface area contributed by atoms with E-state index < -0.39 is 10.8 Å². The van der Waals surface area contributed by atoms with Crippen LogP contribution in [0, 0.1) is 0 Å². The van der Waals surface area contributed by atoms with Crippen molar-refractivity contribution >= 4 is 33.5 Å². The molecule has 0 spiro atoms. The molecule has 0 saturated heterocycles. The Hall–Kier alpha value is -0.540. The minimum absolute atomic E-state index is 0.402. The van der Waals surface area contributed by atoms with Gasteiger partial charge in [-0.1, -0.05) is 39.7 Å². The monoisotopic (exact) mass is 261 g/mol. The molecule has 1 aromatic rings. The Morgan fingerprint density at radius 3 is 2.46 bits per heavy atom. The highest BCUT2D eigenvalue weighted by Gasteiger charge is 2.05. The molecule has 13 heavy (non-hydrogen) atoms. The maximum atomic E-state index is 10.4. The number of alkyl halides is 1. The van der Waals surface area contributed by atoms with Gasteiger partial charge in [0.2, 0.25) is 0 Å². The predicted octanol–water partition coefficient (Wildman–Crippen LogP) is 1.40. The van der Waals surface area contributed by atoms with Gasteiger partial charge in [-0.15, -0.1) is 0 Å². The van der Waals surface area contributed by atoms with Crippen LogP contribution in [-0.4, -0.2) is 10.8 Å². The molecule has 0 saturated carbocycles. The molecule has 0 amide bonds. The first kappa shape index (κ1) is 10.5. The van der Waals surface area contributed by atoms with Gasteiger partial charge in [0, 0.05) is 5.02 Å². The summed E-state index contributed by atoms with van der Waals surface area (Å²) < 4.78 is 0. The second kappa shape index (κ2) is 4.63. The Balaban J connectivity index is 2.64. The summed E-state index contributed by atoms with van der Waals surface area (Å²) in [5.41, 5.74) is 0.912. The highest BCUT2D eigenvalue weighted by Crippen LogP contribution is 2.13. The maximum absolute atomic E-state index is 10.4. The second-order valence-corrected chi connectivity index (χ2v) is 4.16. The number of aliphatic carboxylic acids is 1. The zero-order chi connectivity index (χ0) is 9.84. The normalized spacial score (nSPS) is 12.5. The van der Waals surface area contributed by atoms with Crippen LogP contribution in [0.15, 0.2) is 24.3 Å². The van der Waals surface area contributed by atoms with Crippen LogP contribution in [0.25, 0.3) is 0 Å². The van der Waals surface area contributed by atoms with Crippen LogP contribution in [0.3, 0.4) is 0 Å². The number of halogens is 2. The Morgan fingerprint density at radius 1 is 1.46 bits per heavy atom. The summed E-state index contributed by atoms with van der Waals surface area (Å²) in [6.07, 6.45) is 0.402. The van der Waals surface area contributed by atoms with Gasteiger partial charge in [0.1, 0.15) is 0 Å². The number of benzene rings is 1. The van der Waals surface area contributed by atoms with Gasteiger partial charge >= 0.3 is 0 Å². The van der Waals surface area contributed by atoms with E-state index in [2.05, 4.69) is 15.9 Å². The Kier molecular flexibility index (Phi) is 3.75. The molecule has 0 aliphatic carbocycles. The van der Waals surface area contributed by atoms with Crippen LogP contribution >= 0.6 is 27.5 Å². The van der Waals surface area contributed by atoms with E-state index >= 15 is 0 Å². The predicted molar refractivity (Wildman–Crippen MR) is 52.9 cm³/mol. The minimum Gasteiger partial charge on any atom is -0.549 e. The summed E-state index contributed by atoms with van der Waals surface area (Å²) in [6.45, 7) is 0. The van der Waals surface area contributed by atoms with Gasteiger partial charge in [-0.05, 0) is 24.1 Å². The molecule has 0 heterocycles. The minimum atomic E-state index is -1.10. The molecule has 1 atom stereocenters. The topological polar surface area (TPSA) is 40.1 Å². The lowest BCUT2D eigenvalue weighted by Gasteiger charge is -2.10. The fraction of sp³-hybridized carbons (Fsp3) is 0.222. The van der Waals surface area contributed by atoms with E-state index in [1.54, 1.807) is 24.3 Å². The smallest absolute Gasteiger partial charge is 0.0581 e. The van der Waals surface area contributed by atoms with E-state index in [1.807, 2.05) is 0 Å². The molecule has 1 unspecified atom stereocenters. The molecule has 0 fully saturated rings. The summed E-state index contributed by atoms with van der Waals surface area (Å²) in [5, 5.41) is 11.0. The molecule has 2 nitrogen and oxygen atoms in total. The van der Waals surface area contributed by atoms with E-state index in [0.29, 0.717) is 11.4 Å². The van der Waals surface area contributed by atoms with Crippen molar-refractivity contribution in [2.24, 2.45) is 0 Å². The van der Waals surface area contributed by atoms with Crippen LogP contribution < -0.4 is 5.11 Å². The molecule has 1 rings (SSSR count). The number of carboxylic acid groups (broad SMARTS) is 1. The Bertz CT molecular complexity index is 297. The van der Waals surface area contributed by atoms with E-state index in [1.165, 1.54) is 0 Å². The second-order valence-electron chi connectivity index (χ2n) is 2.62. The first-order chi connectivity index (χ1) is 6.09. The van der Waals surface area contributed by atoms with Gasteiger partial charge in [-0.2, -0.15) is 0 Å². The largest absolute Gasteiger partial charge is 0.549 e. The van der Waals surface area contributed by atoms with E-state index in [9.17, 15) is 9.90 Å². The molecule has 0 aromatic heterocycles. The highest BCUT2D eigenvalue weighted by molar-refractivity contribution is 9.10. The van der Waals surface area contributed by atoms with Crippen LogP contribution in [0.2, 0.25) is 5.02 Å². The lowest BCUT2D eigenvalue weighted by atomic mass is 10.1.